The Kier molecular flexibility index (Phi) is 10.3. The number of carbonyl (C=O) groups is 1. The zero-order chi connectivity index (χ0) is 22.9. The number of amides is 1. The van der Waals surface area contributed by atoms with E-state index in [9.17, 15) is 4.79 Å². The van der Waals surface area contributed by atoms with Crippen LogP contribution in [0.2, 0.25) is 0 Å². The van der Waals surface area contributed by atoms with Gasteiger partial charge in [-0.2, -0.15) is 5.10 Å². The topological polar surface area (TPSA) is 96.2 Å². The Hall–Kier alpha value is -2.95. The molecule has 0 unspecified atom stereocenters. The second-order valence-corrected chi connectivity index (χ2v) is 7.61. The van der Waals surface area contributed by atoms with Crippen molar-refractivity contribution in [3.05, 3.63) is 71.2 Å². The van der Waals surface area contributed by atoms with Gasteiger partial charge in [-0.25, -0.2) is 14.7 Å². The number of hydrogen-bond acceptors (Lipinski definition) is 4. The number of nitrogens with one attached hydrogen (secondary N) is 3. The van der Waals surface area contributed by atoms with Gasteiger partial charge in [-0.15, -0.1) is 24.0 Å². The van der Waals surface area contributed by atoms with Gasteiger partial charge in [0.05, 0.1) is 17.9 Å². The predicted octanol–water partition coefficient (Wildman–Crippen LogP) is 3.89. The van der Waals surface area contributed by atoms with E-state index in [1.165, 1.54) is 0 Å². The molecule has 1 aromatic carbocycles. The fourth-order valence-electron chi connectivity index (χ4n) is 3.27. The quantitative estimate of drug-likeness (QED) is 0.220. The Bertz CT molecular complexity index is 1080. The number of aryl methyl sites for hydroxylation is 3. The number of benzene rings is 1. The van der Waals surface area contributed by atoms with Crippen LogP contribution >= 0.6 is 24.0 Å². The molecule has 0 aliphatic carbocycles. The lowest BCUT2D eigenvalue weighted by Gasteiger charge is -2.13. The van der Waals surface area contributed by atoms with Gasteiger partial charge in [0.1, 0.15) is 5.82 Å². The summed E-state index contributed by atoms with van der Waals surface area (Å²) in [5, 5.41) is 13.9. The molecule has 3 aromatic rings. The predicted molar refractivity (Wildman–Crippen MR) is 143 cm³/mol. The third-order valence-corrected chi connectivity index (χ3v) is 4.80. The number of aliphatic imine (C=N–C) groups is 1. The molecule has 8 nitrogen and oxygen atoms in total. The number of aromatic nitrogens is 3. The minimum Gasteiger partial charge on any atom is -0.357 e. The van der Waals surface area contributed by atoms with Crippen molar-refractivity contribution in [3.8, 4) is 5.69 Å². The van der Waals surface area contributed by atoms with Crippen molar-refractivity contribution in [2.45, 2.75) is 40.7 Å². The van der Waals surface area contributed by atoms with Gasteiger partial charge < -0.3 is 16.0 Å². The molecule has 0 bridgehead atoms. The number of halogens is 1. The van der Waals surface area contributed by atoms with Gasteiger partial charge >= 0.3 is 0 Å². The second-order valence-electron chi connectivity index (χ2n) is 7.61. The number of pyridine rings is 1. The maximum Gasteiger partial charge on any atom is 0.227 e. The maximum atomic E-state index is 12.2. The molecule has 0 atom stereocenters. The molecule has 33 heavy (non-hydrogen) atoms. The van der Waals surface area contributed by atoms with E-state index in [1.54, 1.807) is 12.3 Å². The van der Waals surface area contributed by atoms with Gasteiger partial charge in [0.15, 0.2) is 5.96 Å². The standard InChI is InChI=1S/C24H31N7O.HI/c1-5-25-24(26-13-12-23(32)29-22-11-10-17(2)15-27-22)28-16-20-8-6-7-9-21(20)31-19(4)14-18(3)30-31;/h6-11,14-15H,5,12-13,16H2,1-4H3,(H2,25,26,28)(H,27,29,32);1H. The first-order chi connectivity index (χ1) is 15.5. The van der Waals surface area contributed by atoms with Crippen molar-refractivity contribution in [2.24, 2.45) is 4.99 Å². The van der Waals surface area contributed by atoms with E-state index in [0.717, 1.165) is 34.7 Å². The molecule has 2 heterocycles. The van der Waals surface area contributed by atoms with Crippen LogP contribution in [0.25, 0.3) is 5.69 Å². The normalized spacial score (nSPS) is 11.0. The number of para-hydroxylation sites is 1. The van der Waals surface area contributed by atoms with Crippen LogP contribution in [-0.4, -0.2) is 39.7 Å². The summed E-state index contributed by atoms with van der Waals surface area (Å²) in [4.78, 5) is 21.1. The van der Waals surface area contributed by atoms with Gasteiger partial charge in [0.25, 0.3) is 0 Å². The molecule has 176 valence electrons. The molecule has 0 fully saturated rings. The van der Waals surface area contributed by atoms with Crippen LogP contribution in [0, 0.1) is 20.8 Å². The summed E-state index contributed by atoms with van der Waals surface area (Å²) in [6.07, 6.45) is 2.04. The van der Waals surface area contributed by atoms with E-state index >= 15 is 0 Å². The Balaban J connectivity index is 0.00000385. The van der Waals surface area contributed by atoms with E-state index in [4.69, 9.17) is 4.99 Å². The summed E-state index contributed by atoms with van der Waals surface area (Å²) >= 11 is 0. The smallest absolute Gasteiger partial charge is 0.227 e. The number of guanidine groups is 1. The summed E-state index contributed by atoms with van der Waals surface area (Å²) in [6.45, 7) is 9.68. The highest BCUT2D eigenvalue weighted by atomic mass is 127. The molecule has 3 rings (SSSR count). The maximum absolute atomic E-state index is 12.2. The molecule has 2 aromatic heterocycles. The van der Waals surface area contributed by atoms with Gasteiger partial charge in [-0.1, -0.05) is 24.3 Å². The Morgan fingerprint density at radius 2 is 1.88 bits per heavy atom. The van der Waals surface area contributed by atoms with Gasteiger partial charge in [0, 0.05) is 31.4 Å². The number of rotatable bonds is 8. The lowest BCUT2D eigenvalue weighted by molar-refractivity contribution is -0.116. The zero-order valence-electron chi connectivity index (χ0n) is 19.6. The molecule has 0 spiro atoms. The molecule has 3 N–H and O–H groups in total. The summed E-state index contributed by atoms with van der Waals surface area (Å²) < 4.78 is 1.95. The summed E-state index contributed by atoms with van der Waals surface area (Å²) in [5.74, 6) is 1.12. The molecule has 0 radical (unpaired) electrons. The third-order valence-electron chi connectivity index (χ3n) is 4.80. The first-order valence-corrected chi connectivity index (χ1v) is 10.8. The molecule has 0 saturated heterocycles. The number of nitrogens with zero attached hydrogens (tertiary/aromatic N) is 4. The number of hydrogen-bond donors (Lipinski definition) is 3. The van der Waals surface area contributed by atoms with Crippen LogP contribution in [0.1, 0.15) is 35.9 Å². The average Bonchev–Trinajstić information content (AvgIpc) is 3.11. The molecule has 0 aliphatic heterocycles. The average molecular weight is 561 g/mol. The van der Waals surface area contributed by atoms with Crippen LogP contribution in [0.4, 0.5) is 5.82 Å². The van der Waals surface area contributed by atoms with Crippen molar-refractivity contribution in [1.29, 1.82) is 0 Å². The highest BCUT2D eigenvalue weighted by molar-refractivity contribution is 14.0. The zero-order valence-corrected chi connectivity index (χ0v) is 21.9. The first kappa shape index (κ1) is 26.3. The third kappa shape index (κ3) is 7.85. The number of carbonyl (C=O) groups excluding carboxylic acids is 1. The van der Waals surface area contributed by atoms with Crippen molar-refractivity contribution >= 4 is 41.7 Å². The Labute approximate surface area is 212 Å². The largest absolute Gasteiger partial charge is 0.357 e. The van der Waals surface area contributed by atoms with Gasteiger partial charge in [-0.3, -0.25) is 4.79 Å². The van der Waals surface area contributed by atoms with Crippen molar-refractivity contribution < 1.29 is 4.79 Å². The summed E-state index contributed by atoms with van der Waals surface area (Å²) in [6, 6.07) is 13.9. The van der Waals surface area contributed by atoms with E-state index < -0.39 is 0 Å². The second kappa shape index (κ2) is 12.9. The molecule has 1 amide bonds. The monoisotopic (exact) mass is 561 g/mol. The number of anilines is 1. The lowest BCUT2D eigenvalue weighted by atomic mass is 10.2. The highest BCUT2D eigenvalue weighted by Crippen LogP contribution is 2.17. The van der Waals surface area contributed by atoms with Crippen molar-refractivity contribution in [1.82, 2.24) is 25.4 Å². The van der Waals surface area contributed by atoms with Crippen LogP contribution < -0.4 is 16.0 Å². The van der Waals surface area contributed by atoms with Gasteiger partial charge in [-0.05, 0) is 57.0 Å². The Morgan fingerprint density at radius 3 is 2.55 bits per heavy atom. The summed E-state index contributed by atoms with van der Waals surface area (Å²) in [7, 11) is 0. The van der Waals surface area contributed by atoms with Crippen LogP contribution in [0.5, 0.6) is 0 Å². The summed E-state index contributed by atoms with van der Waals surface area (Å²) in [5.41, 5.74) is 5.20. The van der Waals surface area contributed by atoms with Crippen LogP contribution in [-0.2, 0) is 11.3 Å². The fourth-order valence-corrected chi connectivity index (χ4v) is 3.27. The minimum absolute atomic E-state index is 0. The van der Waals surface area contributed by atoms with E-state index in [0.29, 0.717) is 31.3 Å². The molecular formula is C24H32IN7O. The fraction of sp³-hybridized carbons (Fsp3) is 0.333. The molecule has 0 aliphatic rings. The van der Waals surface area contributed by atoms with Crippen LogP contribution in [0.15, 0.2) is 53.7 Å². The Morgan fingerprint density at radius 1 is 1.09 bits per heavy atom. The lowest BCUT2D eigenvalue weighted by Crippen LogP contribution is -2.38. The molecular weight excluding hydrogens is 529 g/mol. The highest BCUT2D eigenvalue weighted by Gasteiger charge is 2.09. The van der Waals surface area contributed by atoms with E-state index in [1.807, 2.05) is 56.6 Å². The van der Waals surface area contributed by atoms with Gasteiger partial charge in [0.2, 0.25) is 5.91 Å². The minimum atomic E-state index is -0.0976. The molecule has 9 heteroatoms. The van der Waals surface area contributed by atoms with Crippen molar-refractivity contribution in [2.75, 3.05) is 18.4 Å². The van der Waals surface area contributed by atoms with Crippen molar-refractivity contribution in [3.63, 3.8) is 0 Å². The molecule has 0 saturated carbocycles. The van der Waals surface area contributed by atoms with E-state index in [-0.39, 0.29) is 29.9 Å². The SMILES string of the molecule is CCNC(=NCc1ccccc1-n1nc(C)cc1C)NCCC(=O)Nc1ccc(C)cn1.I. The van der Waals surface area contributed by atoms with E-state index in [2.05, 4.69) is 38.2 Å². The van der Waals surface area contributed by atoms with Crippen LogP contribution in [0.3, 0.4) is 0 Å². The first-order valence-electron chi connectivity index (χ1n) is 10.8.